The lowest BCUT2D eigenvalue weighted by molar-refractivity contribution is 0.389. The van der Waals surface area contributed by atoms with Crippen molar-refractivity contribution in [3.63, 3.8) is 0 Å². The van der Waals surface area contributed by atoms with E-state index in [2.05, 4.69) is 17.5 Å². The van der Waals surface area contributed by atoms with Crippen molar-refractivity contribution in [2.75, 3.05) is 34.7 Å². The van der Waals surface area contributed by atoms with Gasteiger partial charge in [-0.3, -0.25) is 0 Å². The number of ether oxygens (including phenoxy) is 4. The molecule has 1 N–H and O–H groups in total. The summed E-state index contributed by atoms with van der Waals surface area (Å²) in [4.78, 5) is 5.04. The Bertz CT molecular complexity index is 1120. The van der Waals surface area contributed by atoms with Crippen LogP contribution in [0.3, 0.4) is 0 Å². The lowest BCUT2D eigenvalue weighted by Gasteiger charge is -2.33. The predicted molar refractivity (Wildman–Crippen MR) is 135 cm³/mol. The number of allylic oxidation sites excluding steroid dienone is 1. The summed E-state index contributed by atoms with van der Waals surface area (Å²) in [5.74, 6) is 3.11. The van der Waals surface area contributed by atoms with Crippen LogP contribution >= 0.6 is 11.8 Å². The van der Waals surface area contributed by atoms with E-state index in [4.69, 9.17) is 23.9 Å². The third kappa shape index (κ3) is 4.69. The highest BCUT2D eigenvalue weighted by molar-refractivity contribution is 8.13. The molecule has 0 amide bonds. The van der Waals surface area contributed by atoms with Crippen molar-refractivity contribution in [1.82, 2.24) is 5.32 Å². The topological polar surface area (TPSA) is 61.3 Å². The van der Waals surface area contributed by atoms with Crippen molar-refractivity contribution in [2.45, 2.75) is 25.3 Å². The van der Waals surface area contributed by atoms with E-state index in [0.29, 0.717) is 0 Å². The molecule has 0 aromatic heterocycles. The van der Waals surface area contributed by atoms with Crippen molar-refractivity contribution < 1.29 is 18.9 Å². The standard InChI is InChI=1S/C26H30N2O4S/c1-29-18-10-9-16(22(14-18)31-3)13-17-7-6-8-21-24(17)27-26(33-5)28-25(21)20-12-11-19(30-2)15-23(20)32-4/h9-15,25H,6-8H2,1-5H3,(H,27,28)/b17-13+/t25-/m1/s1. The molecule has 33 heavy (non-hydrogen) atoms. The van der Waals surface area contributed by atoms with Crippen LogP contribution in [0.2, 0.25) is 0 Å². The molecule has 6 nitrogen and oxygen atoms in total. The largest absolute Gasteiger partial charge is 0.497 e. The zero-order valence-electron chi connectivity index (χ0n) is 19.7. The van der Waals surface area contributed by atoms with E-state index >= 15 is 0 Å². The molecular weight excluding hydrogens is 436 g/mol. The average Bonchev–Trinajstić information content (AvgIpc) is 2.88. The molecule has 0 saturated heterocycles. The minimum Gasteiger partial charge on any atom is -0.497 e. The summed E-state index contributed by atoms with van der Waals surface area (Å²) >= 11 is 1.61. The van der Waals surface area contributed by atoms with Gasteiger partial charge in [0, 0.05) is 29.0 Å². The lowest BCUT2D eigenvalue weighted by Crippen LogP contribution is -2.31. The number of benzene rings is 2. The molecule has 1 aliphatic carbocycles. The normalized spacial score (nSPS) is 18.9. The summed E-state index contributed by atoms with van der Waals surface area (Å²) in [6, 6.07) is 11.8. The molecule has 0 unspecified atom stereocenters. The van der Waals surface area contributed by atoms with E-state index in [0.717, 1.165) is 64.3 Å². The Morgan fingerprint density at radius 1 is 0.909 bits per heavy atom. The van der Waals surface area contributed by atoms with Crippen LogP contribution in [0.4, 0.5) is 0 Å². The van der Waals surface area contributed by atoms with Gasteiger partial charge in [-0.1, -0.05) is 11.8 Å². The molecule has 2 aromatic carbocycles. The molecule has 4 rings (SSSR count). The molecule has 7 heteroatoms. The molecule has 2 aromatic rings. The Morgan fingerprint density at radius 3 is 2.27 bits per heavy atom. The second kappa shape index (κ2) is 10.3. The van der Waals surface area contributed by atoms with E-state index in [1.54, 1.807) is 40.2 Å². The van der Waals surface area contributed by atoms with Crippen LogP contribution < -0.4 is 24.3 Å². The van der Waals surface area contributed by atoms with E-state index in [1.165, 1.54) is 11.1 Å². The fourth-order valence-electron chi connectivity index (χ4n) is 4.37. The number of thioether (sulfide) groups is 1. The number of amidine groups is 1. The van der Waals surface area contributed by atoms with Crippen molar-refractivity contribution in [2.24, 2.45) is 4.99 Å². The summed E-state index contributed by atoms with van der Waals surface area (Å²) in [5, 5.41) is 4.48. The fourth-order valence-corrected chi connectivity index (χ4v) is 4.78. The highest BCUT2D eigenvalue weighted by atomic mass is 32.2. The van der Waals surface area contributed by atoms with Crippen molar-refractivity contribution in [3.05, 3.63) is 64.4 Å². The number of aliphatic imine (C=N–C) groups is 1. The molecule has 2 aliphatic rings. The first-order valence-corrected chi connectivity index (χ1v) is 12.1. The van der Waals surface area contributed by atoms with Gasteiger partial charge in [-0.25, -0.2) is 4.99 Å². The second-order valence-electron chi connectivity index (χ2n) is 7.81. The van der Waals surface area contributed by atoms with Gasteiger partial charge in [0.2, 0.25) is 0 Å². The van der Waals surface area contributed by atoms with Gasteiger partial charge in [0.05, 0.1) is 28.4 Å². The smallest absolute Gasteiger partial charge is 0.161 e. The Balaban J connectivity index is 1.81. The zero-order chi connectivity index (χ0) is 23.4. The van der Waals surface area contributed by atoms with Gasteiger partial charge in [-0.05, 0) is 67.0 Å². The number of nitrogens with zero attached hydrogens (tertiary/aromatic N) is 1. The molecule has 0 saturated carbocycles. The molecule has 0 radical (unpaired) electrons. The van der Waals surface area contributed by atoms with Crippen LogP contribution in [0.5, 0.6) is 23.0 Å². The minimum absolute atomic E-state index is 0.106. The number of hydrogen-bond acceptors (Lipinski definition) is 7. The molecule has 1 aliphatic heterocycles. The van der Waals surface area contributed by atoms with E-state index in [1.807, 2.05) is 36.6 Å². The Labute approximate surface area is 199 Å². The third-order valence-electron chi connectivity index (χ3n) is 6.04. The van der Waals surface area contributed by atoms with Crippen molar-refractivity contribution in [1.29, 1.82) is 0 Å². The maximum atomic E-state index is 5.72. The molecule has 174 valence electrons. The average molecular weight is 467 g/mol. The number of rotatable bonds is 6. The summed E-state index contributed by atoms with van der Waals surface area (Å²) in [7, 11) is 6.70. The number of nitrogens with one attached hydrogen (secondary N) is 1. The highest BCUT2D eigenvalue weighted by Gasteiger charge is 2.31. The first-order valence-electron chi connectivity index (χ1n) is 10.9. The van der Waals surface area contributed by atoms with E-state index in [-0.39, 0.29) is 6.04 Å². The molecule has 0 bridgehead atoms. The number of methoxy groups -OCH3 is 4. The summed E-state index contributed by atoms with van der Waals surface area (Å²) in [6.45, 7) is 0. The Kier molecular flexibility index (Phi) is 7.18. The fraction of sp³-hybridized carbons (Fsp3) is 0.346. The Hall–Kier alpha value is -3.06. The van der Waals surface area contributed by atoms with Crippen LogP contribution in [-0.4, -0.2) is 39.9 Å². The van der Waals surface area contributed by atoms with Gasteiger partial charge in [0.25, 0.3) is 0 Å². The van der Waals surface area contributed by atoms with Crippen LogP contribution in [-0.2, 0) is 0 Å². The minimum atomic E-state index is -0.106. The summed E-state index contributed by atoms with van der Waals surface area (Å²) in [6.07, 6.45) is 7.27. The monoisotopic (exact) mass is 466 g/mol. The van der Waals surface area contributed by atoms with E-state index < -0.39 is 0 Å². The lowest BCUT2D eigenvalue weighted by atomic mass is 9.83. The molecule has 0 spiro atoms. The first kappa shape index (κ1) is 23.1. The first-order chi connectivity index (χ1) is 16.1. The van der Waals surface area contributed by atoms with E-state index in [9.17, 15) is 0 Å². The summed E-state index contributed by atoms with van der Waals surface area (Å²) < 4.78 is 22.1. The molecule has 1 heterocycles. The maximum Gasteiger partial charge on any atom is 0.161 e. The highest BCUT2D eigenvalue weighted by Crippen LogP contribution is 2.45. The molecular formula is C26H30N2O4S. The molecule has 0 fully saturated rings. The molecule has 1 atom stereocenters. The third-order valence-corrected chi connectivity index (χ3v) is 6.64. The van der Waals surface area contributed by atoms with Gasteiger partial charge in [-0.15, -0.1) is 0 Å². The van der Waals surface area contributed by atoms with Crippen LogP contribution in [0.15, 0.2) is 58.2 Å². The Morgan fingerprint density at radius 2 is 1.61 bits per heavy atom. The van der Waals surface area contributed by atoms with Gasteiger partial charge in [-0.2, -0.15) is 0 Å². The van der Waals surface area contributed by atoms with Crippen LogP contribution in [0, 0.1) is 0 Å². The summed E-state index contributed by atoms with van der Waals surface area (Å²) in [5.41, 5.74) is 5.75. The maximum absolute atomic E-state index is 5.72. The van der Waals surface area contributed by atoms with Crippen LogP contribution in [0.25, 0.3) is 6.08 Å². The van der Waals surface area contributed by atoms with Gasteiger partial charge in [0.15, 0.2) is 5.17 Å². The second-order valence-corrected chi connectivity index (χ2v) is 8.60. The van der Waals surface area contributed by atoms with Crippen molar-refractivity contribution >= 4 is 23.0 Å². The van der Waals surface area contributed by atoms with Gasteiger partial charge >= 0.3 is 0 Å². The van der Waals surface area contributed by atoms with Gasteiger partial charge < -0.3 is 24.3 Å². The van der Waals surface area contributed by atoms with Gasteiger partial charge in [0.1, 0.15) is 29.0 Å². The quantitative estimate of drug-likeness (QED) is 0.597. The van der Waals surface area contributed by atoms with Crippen LogP contribution in [0.1, 0.15) is 36.4 Å². The number of hydrogen-bond donors (Lipinski definition) is 1. The zero-order valence-corrected chi connectivity index (χ0v) is 20.5. The predicted octanol–water partition coefficient (Wildman–Crippen LogP) is 5.61. The van der Waals surface area contributed by atoms with Crippen molar-refractivity contribution in [3.8, 4) is 23.0 Å². The SMILES string of the molecule is COc1ccc(/C=C2\CCCC3=C2NC(SC)=N[C@@H]3c2ccc(OC)cc2OC)c(OC)c1.